The zero-order valence-corrected chi connectivity index (χ0v) is 14.9. The molecule has 8 heteroatoms. The molecule has 0 aliphatic rings. The van der Waals surface area contributed by atoms with Crippen molar-refractivity contribution >= 4 is 34.2 Å². The minimum atomic E-state index is -0.374. The number of anilines is 1. The summed E-state index contributed by atoms with van der Waals surface area (Å²) in [6.07, 6.45) is 0.629. The van der Waals surface area contributed by atoms with Crippen molar-refractivity contribution in [3.05, 3.63) is 63.9 Å². The van der Waals surface area contributed by atoms with Crippen molar-refractivity contribution in [2.24, 2.45) is 0 Å². The fourth-order valence-corrected chi connectivity index (χ4v) is 2.74. The van der Waals surface area contributed by atoms with Gasteiger partial charge in [-0.3, -0.25) is 4.79 Å². The molecule has 1 unspecified atom stereocenters. The van der Waals surface area contributed by atoms with Crippen LogP contribution in [0, 0.1) is 0 Å². The summed E-state index contributed by atoms with van der Waals surface area (Å²) in [5.41, 5.74) is 0.909. The van der Waals surface area contributed by atoms with Crippen LogP contribution in [0.3, 0.4) is 0 Å². The van der Waals surface area contributed by atoms with E-state index < -0.39 is 0 Å². The predicted octanol–water partition coefficient (Wildman–Crippen LogP) is 3.05. The van der Waals surface area contributed by atoms with E-state index in [2.05, 4.69) is 20.9 Å². The first-order valence-corrected chi connectivity index (χ1v) is 8.60. The van der Waals surface area contributed by atoms with E-state index in [1.54, 1.807) is 48.5 Å². The van der Waals surface area contributed by atoms with Gasteiger partial charge in [0.1, 0.15) is 5.52 Å². The van der Waals surface area contributed by atoms with Crippen LogP contribution in [0.25, 0.3) is 10.9 Å². The van der Waals surface area contributed by atoms with Crippen LogP contribution in [0.1, 0.15) is 13.3 Å². The molecule has 0 saturated carbocycles. The number of nitrogens with one attached hydrogen (secondary N) is 2. The van der Waals surface area contributed by atoms with Crippen LogP contribution in [0.2, 0.25) is 5.02 Å². The molecule has 3 rings (SSSR count). The highest BCUT2D eigenvalue weighted by Crippen LogP contribution is 2.14. The highest BCUT2D eigenvalue weighted by molar-refractivity contribution is 6.30. The zero-order chi connectivity index (χ0) is 18.5. The quantitative estimate of drug-likeness (QED) is 0.721. The largest absolute Gasteiger partial charge is 0.333 e. The van der Waals surface area contributed by atoms with E-state index in [1.807, 2.05) is 6.92 Å². The molecule has 2 aromatic carbocycles. The molecule has 0 fully saturated rings. The summed E-state index contributed by atoms with van der Waals surface area (Å²) in [7, 11) is 0. The Bertz CT molecular complexity index is 988. The number of rotatable bonds is 5. The van der Waals surface area contributed by atoms with Gasteiger partial charge in [-0.2, -0.15) is 0 Å². The van der Waals surface area contributed by atoms with Gasteiger partial charge in [-0.15, -0.1) is 5.10 Å². The van der Waals surface area contributed by atoms with Gasteiger partial charge in [-0.05, 0) is 36.8 Å². The first-order chi connectivity index (χ1) is 12.6. The second-order valence-corrected chi connectivity index (χ2v) is 6.24. The van der Waals surface area contributed by atoms with E-state index in [-0.39, 0.29) is 24.2 Å². The highest BCUT2D eigenvalue weighted by atomic mass is 35.5. The molecule has 7 nitrogen and oxygen atoms in total. The van der Waals surface area contributed by atoms with E-state index >= 15 is 0 Å². The Morgan fingerprint density at radius 1 is 1.23 bits per heavy atom. The van der Waals surface area contributed by atoms with Crippen molar-refractivity contribution in [2.75, 3.05) is 5.32 Å². The SMILES string of the molecule is CCC(Cn1nnc2ccccc2c1=O)NC(=O)Nc1cccc(Cl)c1. The number of amides is 2. The van der Waals surface area contributed by atoms with Crippen LogP contribution in [-0.2, 0) is 6.54 Å². The van der Waals surface area contributed by atoms with E-state index in [1.165, 1.54) is 4.68 Å². The van der Waals surface area contributed by atoms with Crippen LogP contribution < -0.4 is 16.2 Å². The van der Waals surface area contributed by atoms with Crippen molar-refractivity contribution in [2.45, 2.75) is 25.9 Å². The van der Waals surface area contributed by atoms with Crippen LogP contribution in [-0.4, -0.2) is 27.1 Å². The monoisotopic (exact) mass is 371 g/mol. The number of hydrogen-bond donors (Lipinski definition) is 2. The number of nitrogens with zero attached hydrogens (tertiary/aromatic N) is 3. The minimum absolute atomic E-state index is 0.230. The van der Waals surface area contributed by atoms with E-state index in [0.717, 1.165) is 0 Å². The lowest BCUT2D eigenvalue weighted by atomic mass is 10.2. The van der Waals surface area contributed by atoms with Gasteiger partial charge in [0.2, 0.25) is 0 Å². The van der Waals surface area contributed by atoms with Gasteiger partial charge in [-0.25, -0.2) is 9.48 Å². The van der Waals surface area contributed by atoms with Gasteiger partial charge >= 0.3 is 6.03 Å². The van der Waals surface area contributed by atoms with E-state index in [9.17, 15) is 9.59 Å². The number of fused-ring (bicyclic) bond motifs is 1. The van der Waals surface area contributed by atoms with Crippen molar-refractivity contribution in [3.63, 3.8) is 0 Å². The number of carbonyl (C=O) groups is 1. The molecule has 0 bridgehead atoms. The predicted molar refractivity (Wildman–Crippen MR) is 101 cm³/mol. The molecule has 0 aliphatic carbocycles. The molecule has 3 aromatic rings. The van der Waals surface area contributed by atoms with Gasteiger partial charge < -0.3 is 10.6 Å². The summed E-state index contributed by atoms with van der Waals surface area (Å²) in [6, 6.07) is 13.3. The number of benzene rings is 2. The smallest absolute Gasteiger partial charge is 0.319 e. The van der Waals surface area contributed by atoms with Gasteiger partial charge in [0, 0.05) is 10.7 Å². The Kier molecular flexibility index (Phi) is 5.48. The first-order valence-electron chi connectivity index (χ1n) is 8.22. The molecule has 0 saturated heterocycles. The van der Waals surface area contributed by atoms with E-state index in [0.29, 0.717) is 28.0 Å². The maximum atomic E-state index is 12.5. The molecule has 0 spiro atoms. The first kappa shape index (κ1) is 17.9. The van der Waals surface area contributed by atoms with Crippen LogP contribution >= 0.6 is 11.6 Å². The molecule has 1 atom stereocenters. The fourth-order valence-electron chi connectivity index (χ4n) is 2.55. The molecule has 2 N–H and O–H groups in total. The van der Waals surface area contributed by atoms with Gasteiger partial charge in [0.25, 0.3) is 5.56 Å². The lowest BCUT2D eigenvalue weighted by Crippen LogP contribution is -2.42. The lowest BCUT2D eigenvalue weighted by Gasteiger charge is -2.18. The third-order valence-electron chi connectivity index (χ3n) is 3.93. The molecule has 0 aliphatic heterocycles. The van der Waals surface area contributed by atoms with Crippen molar-refractivity contribution in [3.8, 4) is 0 Å². The fraction of sp³-hybridized carbons (Fsp3) is 0.222. The average molecular weight is 372 g/mol. The second kappa shape index (κ2) is 7.97. The summed E-state index contributed by atoms with van der Waals surface area (Å²) in [5.74, 6) is 0. The summed E-state index contributed by atoms with van der Waals surface area (Å²) in [5, 5.41) is 14.6. The summed E-state index contributed by atoms with van der Waals surface area (Å²) in [6.45, 7) is 2.15. The van der Waals surface area contributed by atoms with Gasteiger partial charge in [0.15, 0.2) is 0 Å². The Hall–Kier alpha value is -2.93. The van der Waals surface area contributed by atoms with Crippen LogP contribution in [0.4, 0.5) is 10.5 Å². The van der Waals surface area contributed by atoms with E-state index in [4.69, 9.17) is 11.6 Å². The van der Waals surface area contributed by atoms with Crippen molar-refractivity contribution < 1.29 is 4.79 Å². The molecular formula is C18H18ClN5O2. The second-order valence-electron chi connectivity index (χ2n) is 5.81. The van der Waals surface area contributed by atoms with Gasteiger partial charge in [0.05, 0.1) is 18.0 Å². The number of carbonyl (C=O) groups excluding carboxylic acids is 1. The Balaban J connectivity index is 1.70. The van der Waals surface area contributed by atoms with Gasteiger partial charge in [-0.1, -0.05) is 41.9 Å². The Labute approximate surface area is 155 Å². The average Bonchev–Trinajstić information content (AvgIpc) is 2.63. The van der Waals surface area contributed by atoms with Crippen molar-refractivity contribution in [1.29, 1.82) is 0 Å². The maximum absolute atomic E-state index is 12.5. The molecule has 0 radical (unpaired) electrons. The van der Waals surface area contributed by atoms with Crippen LogP contribution in [0.5, 0.6) is 0 Å². The number of hydrogen-bond acceptors (Lipinski definition) is 4. The van der Waals surface area contributed by atoms with Crippen LogP contribution in [0.15, 0.2) is 53.3 Å². The Morgan fingerprint density at radius 2 is 2.04 bits per heavy atom. The summed E-state index contributed by atoms with van der Waals surface area (Å²) >= 11 is 5.91. The molecule has 26 heavy (non-hydrogen) atoms. The molecule has 1 heterocycles. The molecule has 134 valence electrons. The molecular weight excluding hydrogens is 354 g/mol. The number of halogens is 1. The summed E-state index contributed by atoms with van der Waals surface area (Å²) < 4.78 is 1.27. The normalized spacial score (nSPS) is 11.9. The molecule has 1 aromatic heterocycles. The lowest BCUT2D eigenvalue weighted by molar-refractivity contribution is 0.245. The maximum Gasteiger partial charge on any atom is 0.319 e. The van der Waals surface area contributed by atoms with Crippen molar-refractivity contribution in [1.82, 2.24) is 20.3 Å². The topological polar surface area (TPSA) is 88.9 Å². The standard InChI is InChI=1S/C18H18ClN5O2/c1-2-13(20-18(26)21-14-7-5-6-12(19)10-14)11-24-17(25)15-8-3-4-9-16(15)22-23-24/h3-10,13H,2,11H2,1H3,(H2,20,21,26). The summed E-state index contributed by atoms with van der Waals surface area (Å²) in [4.78, 5) is 24.7. The third-order valence-corrected chi connectivity index (χ3v) is 4.17. The minimum Gasteiger partial charge on any atom is -0.333 e. The number of urea groups is 1. The number of aromatic nitrogens is 3. The Morgan fingerprint density at radius 3 is 2.81 bits per heavy atom. The third kappa shape index (κ3) is 4.18. The zero-order valence-electron chi connectivity index (χ0n) is 14.1. The highest BCUT2D eigenvalue weighted by Gasteiger charge is 2.14. The molecule has 2 amide bonds.